The number of hydrogen-bond acceptors (Lipinski definition) is 3. The van der Waals surface area contributed by atoms with Gasteiger partial charge in [0.2, 0.25) is 0 Å². The summed E-state index contributed by atoms with van der Waals surface area (Å²) in [6, 6.07) is 14.2. The maximum atomic E-state index is 12.9. The third kappa shape index (κ3) is 3.75. The van der Waals surface area contributed by atoms with E-state index in [9.17, 15) is 4.79 Å². The van der Waals surface area contributed by atoms with Crippen molar-refractivity contribution in [3.63, 3.8) is 0 Å². The molecule has 1 aromatic carbocycles. The molecule has 3 heterocycles. The zero-order valence-corrected chi connectivity index (χ0v) is 15.7. The van der Waals surface area contributed by atoms with E-state index in [1.165, 1.54) is 5.56 Å². The minimum absolute atomic E-state index is 0.130. The van der Waals surface area contributed by atoms with Crippen LogP contribution in [0.15, 0.2) is 61.1 Å². The predicted molar refractivity (Wildman–Crippen MR) is 107 cm³/mol. The van der Waals surface area contributed by atoms with Gasteiger partial charge >= 0.3 is 0 Å². The van der Waals surface area contributed by atoms with Crippen LogP contribution in [-0.4, -0.2) is 33.9 Å². The lowest BCUT2D eigenvalue weighted by molar-refractivity contribution is 0.0790. The monoisotopic (exact) mass is 357 g/mol. The van der Waals surface area contributed by atoms with Crippen LogP contribution in [0.5, 0.6) is 0 Å². The average Bonchev–Trinajstić information content (AvgIpc) is 3.18. The number of likely N-dealkylation sites (tertiary alicyclic amines) is 1. The van der Waals surface area contributed by atoms with E-state index >= 15 is 0 Å². The first-order chi connectivity index (χ1) is 13.1. The number of nitrogens with zero attached hydrogens (tertiary/aromatic N) is 3. The van der Waals surface area contributed by atoms with Crippen LogP contribution >= 0.6 is 0 Å². The second kappa shape index (κ2) is 7.31. The topological polar surface area (TPSA) is 46.1 Å². The summed E-state index contributed by atoms with van der Waals surface area (Å²) in [6.07, 6.45) is 6.43. The zero-order valence-electron chi connectivity index (χ0n) is 15.7. The van der Waals surface area contributed by atoms with Gasteiger partial charge in [0.25, 0.3) is 5.91 Å². The fourth-order valence-electron chi connectivity index (χ4n) is 3.87. The number of pyridine rings is 2. The molecule has 1 fully saturated rings. The van der Waals surface area contributed by atoms with Crippen LogP contribution in [0.1, 0.15) is 39.4 Å². The number of rotatable bonds is 3. The molecule has 1 atom stereocenters. The highest BCUT2D eigenvalue weighted by Crippen LogP contribution is 2.30. The largest absolute Gasteiger partial charge is 0.338 e. The molecule has 0 unspecified atom stereocenters. The van der Waals surface area contributed by atoms with E-state index in [1.54, 1.807) is 6.20 Å². The first-order valence-electron chi connectivity index (χ1n) is 9.34. The third-order valence-corrected chi connectivity index (χ3v) is 5.16. The summed E-state index contributed by atoms with van der Waals surface area (Å²) in [5.74, 6) is 0.476. The van der Waals surface area contributed by atoms with E-state index in [-0.39, 0.29) is 5.91 Å². The second-order valence-corrected chi connectivity index (χ2v) is 7.33. The highest BCUT2D eigenvalue weighted by atomic mass is 16.2. The Bertz CT molecular complexity index is 948. The number of aryl methyl sites for hydroxylation is 2. The maximum Gasteiger partial charge on any atom is 0.253 e. The normalized spacial score (nSPS) is 16.5. The van der Waals surface area contributed by atoms with Crippen LogP contribution in [0.25, 0.3) is 11.3 Å². The highest BCUT2D eigenvalue weighted by Gasteiger charge is 2.28. The first-order valence-corrected chi connectivity index (χ1v) is 9.34. The molecule has 2 aromatic heterocycles. The summed E-state index contributed by atoms with van der Waals surface area (Å²) in [5, 5.41) is 0. The van der Waals surface area contributed by atoms with Crippen molar-refractivity contribution in [1.29, 1.82) is 0 Å². The van der Waals surface area contributed by atoms with E-state index < -0.39 is 0 Å². The summed E-state index contributed by atoms with van der Waals surface area (Å²) in [5.41, 5.74) is 6.23. The van der Waals surface area contributed by atoms with Crippen molar-refractivity contribution in [3.8, 4) is 11.3 Å². The van der Waals surface area contributed by atoms with Crippen molar-refractivity contribution in [1.82, 2.24) is 14.9 Å². The fourth-order valence-corrected chi connectivity index (χ4v) is 3.87. The van der Waals surface area contributed by atoms with Gasteiger partial charge in [-0.2, -0.15) is 0 Å². The molecule has 136 valence electrons. The van der Waals surface area contributed by atoms with Gasteiger partial charge < -0.3 is 4.90 Å². The van der Waals surface area contributed by atoms with Gasteiger partial charge in [0.05, 0.1) is 5.69 Å². The Hall–Kier alpha value is -3.01. The average molecular weight is 357 g/mol. The summed E-state index contributed by atoms with van der Waals surface area (Å²) < 4.78 is 0. The summed E-state index contributed by atoms with van der Waals surface area (Å²) >= 11 is 0. The van der Waals surface area contributed by atoms with E-state index in [2.05, 4.69) is 28.2 Å². The Morgan fingerprint density at radius 3 is 2.63 bits per heavy atom. The Morgan fingerprint density at radius 2 is 1.89 bits per heavy atom. The first kappa shape index (κ1) is 17.4. The van der Waals surface area contributed by atoms with Crippen LogP contribution < -0.4 is 0 Å². The molecule has 4 rings (SSSR count). The number of amides is 1. The summed E-state index contributed by atoms with van der Waals surface area (Å²) in [4.78, 5) is 23.6. The quantitative estimate of drug-likeness (QED) is 0.698. The Balaban J connectivity index is 1.52. The van der Waals surface area contributed by atoms with E-state index in [1.807, 2.05) is 55.4 Å². The van der Waals surface area contributed by atoms with Gasteiger partial charge in [0.1, 0.15) is 0 Å². The number of carbonyl (C=O) groups excluding carboxylic acids is 1. The molecule has 27 heavy (non-hydrogen) atoms. The van der Waals surface area contributed by atoms with Gasteiger partial charge in [-0.15, -0.1) is 0 Å². The molecular formula is C23H23N3O. The van der Waals surface area contributed by atoms with E-state index in [4.69, 9.17) is 0 Å². The predicted octanol–water partition coefficient (Wildman–Crippen LogP) is 4.39. The lowest BCUT2D eigenvalue weighted by atomic mass is 9.98. The molecule has 4 nitrogen and oxygen atoms in total. The van der Waals surface area contributed by atoms with Crippen LogP contribution in [0, 0.1) is 13.8 Å². The Kier molecular flexibility index (Phi) is 4.71. The molecule has 0 bridgehead atoms. The number of hydrogen-bond donors (Lipinski definition) is 0. The van der Waals surface area contributed by atoms with Gasteiger partial charge in [-0.1, -0.05) is 17.2 Å². The van der Waals surface area contributed by atoms with Crippen molar-refractivity contribution in [3.05, 3.63) is 83.3 Å². The molecule has 3 aromatic rings. The molecule has 0 radical (unpaired) electrons. The molecule has 0 spiro atoms. The number of aromatic nitrogens is 2. The Morgan fingerprint density at radius 1 is 1.07 bits per heavy atom. The van der Waals surface area contributed by atoms with E-state index in [0.29, 0.717) is 5.92 Å². The third-order valence-electron chi connectivity index (χ3n) is 5.16. The van der Waals surface area contributed by atoms with Gasteiger partial charge in [0.15, 0.2) is 0 Å². The molecule has 0 aliphatic carbocycles. The summed E-state index contributed by atoms with van der Waals surface area (Å²) in [6.45, 7) is 5.62. The molecule has 1 amide bonds. The summed E-state index contributed by atoms with van der Waals surface area (Å²) in [7, 11) is 0. The van der Waals surface area contributed by atoms with Crippen molar-refractivity contribution in [2.75, 3.05) is 13.1 Å². The van der Waals surface area contributed by atoms with Crippen LogP contribution in [0.3, 0.4) is 0 Å². The van der Waals surface area contributed by atoms with Crippen LogP contribution in [-0.2, 0) is 0 Å². The standard InChI is InChI=1S/C23H23N3O/c1-16-10-17(2)12-21(11-16)23(27)26-9-6-20(15-26)18-5-8-25-22(13-18)19-4-3-7-24-14-19/h3-5,7-8,10-14,20H,6,9,15H2,1-2H3/t20-/m0/s1. The van der Waals surface area contributed by atoms with Crippen LogP contribution in [0.4, 0.5) is 0 Å². The fraction of sp³-hybridized carbons (Fsp3) is 0.261. The number of carbonyl (C=O) groups is 1. The minimum Gasteiger partial charge on any atom is -0.338 e. The van der Waals surface area contributed by atoms with Gasteiger partial charge in [-0.25, -0.2) is 0 Å². The second-order valence-electron chi connectivity index (χ2n) is 7.33. The highest BCUT2D eigenvalue weighted by molar-refractivity contribution is 5.94. The SMILES string of the molecule is Cc1cc(C)cc(C(=O)N2CC[C@H](c3ccnc(-c4cccnc4)c3)C2)c1. The molecule has 4 heteroatoms. The van der Waals surface area contributed by atoms with Crippen LogP contribution in [0.2, 0.25) is 0 Å². The molecular weight excluding hydrogens is 334 g/mol. The molecule has 0 N–H and O–H groups in total. The molecule has 1 saturated heterocycles. The Labute approximate surface area is 159 Å². The lowest BCUT2D eigenvalue weighted by Crippen LogP contribution is -2.28. The van der Waals surface area contributed by atoms with Crippen molar-refractivity contribution in [2.24, 2.45) is 0 Å². The number of benzene rings is 1. The van der Waals surface area contributed by atoms with Crippen molar-refractivity contribution in [2.45, 2.75) is 26.2 Å². The lowest BCUT2D eigenvalue weighted by Gasteiger charge is -2.18. The zero-order chi connectivity index (χ0) is 18.8. The molecule has 1 aliphatic heterocycles. The van der Waals surface area contributed by atoms with Gasteiger partial charge in [-0.3, -0.25) is 14.8 Å². The van der Waals surface area contributed by atoms with E-state index in [0.717, 1.165) is 47.5 Å². The molecule has 1 aliphatic rings. The maximum absolute atomic E-state index is 12.9. The smallest absolute Gasteiger partial charge is 0.253 e. The minimum atomic E-state index is 0.130. The van der Waals surface area contributed by atoms with Gasteiger partial charge in [0, 0.05) is 48.7 Å². The van der Waals surface area contributed by atoms with Crippen molar-refractivity contribution >= 4 is 5.91 Å². The van der Waals surface area contributed by atoms with Crippen molar-refractivity contribution < 1.29 is 4.79 Å². The van der Waals surface area contributed by atoms with Gasteiger partial charge in [-0.05, 0) is 62.2 Å². The molecule has 0 saturated carbocycles.